The molecule has 2 N–H and O–H groups in total. The van der Waals surface area contributed by atoms with Crippen LogP contribution in [0.4, 0.5) is 0 Å². The van der Waals surface area contributed by atoms with Crippen LogP contribution in [-0.4, -0.2) is 37.0 Å². The fourth-order valence-corrected chi connectivity index (χ4v) is 7.22. The van der Waals surface area contributed by atoms with E-state index in [2.05, 4.69) is 10.6 Å². The molecule has 4 saturated carbocycles. The quantitative estimate of drug-likeness (QED) is 0.526. The van der Waals surface area contributed by atoms with Gasteiger partial charge < -0.3 is 15.4 Å². The second-order valence-corrected chi connectivity index (χ2v) is 11.2. The Morgan fingerprint density at radius 2 is 1.25 bits per heavy atom. The molecule has 4 bridgehead atoms. The van der Waals surface area contributed by atoms with Gasteiger partial charge in [-0.25, -0.2) is 4.79 Å². The van der Waals surface area contributed by atoms with Crippen molar-refractivity contribution in [3.05, 3.63) is 71.8 Å². The Morgan fingerprint density at radius 3 is 1.72 bits per heavy atom. The van der Waals surface area contributed by atoms with Crippen molar-refractivity contribution >= 4 is 17.8 Å². The summed E-state index contributed by atoms with van der Waals surface area (Å²) in [6.07, 6.45) is 7.24. The highest BCUT2D eigenvalue weighted by atomic mass is 16.5. The Hall–Kier alpha value is -3.15. The molecule has 4 fully saturated rings. The fraction of sp³-hybridized carbons (Fsp3) is 0.500. The molecule has 0 heterocycles. The van der Waals surface area contributed by atoms with Gasteiger partial charge in [-0.2, -0.15) is 0 Å². The largest absolute Gasteiger partial charge is 0.467 e. The number of hydrogen-bond acceptors (Lipinski definition) is 4. The number of ether oxygens (including phenoxy) is 1. The third kappa shape index (κ3) is 5.32. The first kappa shape index (κ1) is 24.5. The van der Waals surface area contributed by atoms with Crippen molar-refractivity contribution in [2.75, 3.05) is 7.11 Å². The van der Waals surface area contributed by atoms with Crippen LogP contribution in [0.15, 0.2) is 60.7 Å². The minimum absolute atomic E-state index is 0.00959. The smallest absolute Gasteiger partial charge is 0.328 e. The van der Waals surface area contributed by atoms with Crippen LogP contribution in [0.1, 0.15) is 49.7 Å². The number of rotatable bonds is 9. The predicted molar refractivity (Wildman–Crippen MR) is 137 cm³/mol. The molecule has 2 aromatic rings. The molecule has 6 rings (SSSR count). The average Bonchev–Trinajstić information content (AvgIpc) is 2.87. The maximum absolute atomic E-state index is 13.8. The Bertz CT molecular complexity index is 1050. The molecule has 190 valence electrons. The Morgan fingerprint density at radius 1 is 0.778 bits per heavy atom. The van der Waals surface area contributed by atoms with Crippen LogP contribution in [0.5, 0.6) is 0 Å². The van der Waals surface area contributed by atoms with E-state index in [1.54, 1.807) is 0 Å². The summed E-state index contributed by atoms with van der Waals surface area (Å²) in [7, 11) is 1.32. The molecule has 4 aliphatic carbocycles. The van der Waals surface area contributed by atoms with Crippen LogP contribution >= 0.6 is 0 Å². The summed E-state index contributed by atoms with van der Waals surface area (Å²) in [5.41, 5.74) is 1.53. The van der Waals surface area contributed by atoms with E-state index < -0.39 is 18.1 Å². The molecule has 0 unspecified atom stereocenters. The number of esters is 1. The van der Waals surface area contributed by atoms with E-state index in [1.165, 1.54) is 26.4 Å². The minimum Gasteiger partial charge on any atom is -0.467 e. The zero-order valence-electron chi connectivity index (χ0n) is 21.0. The van der Waals surface area contributed by atoms with Crippen LogP contribution in [0.25, 0.3) is 0 Å². The molecule has 4 aliphatic rings. The van der Waals surface area contributed by atoms with Crippen molar-refractivity contribution in [1.29, 1.82) is 0 Å². The standard InChI is InChI=1S/C30H36N2O4/c1-36-28(34)26(16-21-10-6-3-7-11-21)31-27(33)25(15-20-8-4-2-5-9-20)32-29(35)30-17-22-12-23(18-30)14-24(13-22)19-30/h2-11,22-26H,12-19H2,1H3,(H,31,33)(H,32,35)/t22?,23?,24?,25-,26+,30?/m0/s1. The van der Waals surface area contributed by atoms with Gasteiger partial charge in [0.05, 0.1) is 7.11 Å². The van der Waals surface area contributed by atoms with Gasteiger partial charge in [0.15, 0.2) is 0 Å². The van der Waals surface area contributed by atoms with Crippen molar-refractivity contribution < 1.29 is 19.1 Å². The van der Waals surface area contributed by atoms with Crippen molar-refractivity contribution in [1.82, 2.24) is 10.6 Å². The highest BCUT2D eigenvalue weighted by Gasteiger charge is 2.55. The Labute approximate surface area is 213 Å². The summed E-state index contributed by atoms with van der Waals surface area (Å²) >= 11 is 0. The predicted octanol–water partition coefficient (Wildman–Crippen LogP) is 3.83. The van der Waals surface area contributed by atoms with E-state index in [9.17, 15) is 14.4 Å². The maximum Gasteiger partial charge on any atom is 0.328 e. The first-order valence-electron chi connectivity index (χ1n) is 13.2. The molecule has 0 radical (unpaired) electrons. The van der Waals surface area contributed by atoms with E-state index in [0.717, 1.165) is 30.4 Å². The third-order valence-corrected chi connectivity index (χ3v) is 8.51. The molecule has 2 amide bonds. The highest BCUT2D eigenvalue weighted by Crippen LogP contribution is 2.60. The zero-order valence-corrected chi connectivity index (χ0v) is 21.0. The van der Waals surface area contributed by atoms with Crippen LogP contribution in [0.3, 0.4) is 0 Å². The summed E-state index contributed by atoms with van der Waals surface area (Å²) in [5.74, 6) is 1.06. The first-order chi connectivity index (χ1) is 17.4. The average molecular weight is 489 g/mol. The number of benzene rings is 2. The van der Waals surface area contributed by atoms with Crippen LogP contribution < -0.4 is 10.6 Å². The van der Waals surface area contributed by atoms with Crippen LogP contribution in [-0.2, 0) is 32.0 Å². The minimum atomic E-state index is -0.834. The number of carbonyl (C=O) groups is 3. The van der Waals surface area contributed by atoms with Gasteiger partial charge in [0.2, 0.25) is 11.8 Å². The Balaban J connectivity index is 1.34. The van der Waals surface area contributed by atoms with Crippen molar-refractivity contribution in [2.24, 2.45) is 23.2 Å². The zero-order chi connectivity index (χ0) is 25.1. The topological polar surface area (TPSA) is 84.5 Å². The van der Waals surface area contributed by atoms with Gasteiger partial charge >= 0.3 is 5.97 Å². The van der Waals surface area contributed by atoms with E-state index in [0.29, 0.717) is 30.6 Å². The lowest BCUT2D eigenvalue weighted by atomic mass is 9.49. The summed E-state index contributed by atoms with van der Waals surface area (Å²) < 4.78 is 4.99. The number of carbonyl (C=O) groups excluding carboxylic acids is 3. The summed E-state index contributed by atoms with van der Waals surface area (Å²) in [6.45, 7) is 0. The molecule has 2 aromatic carbocycles. The van der Waals surface area contributed by atoms with Crippen molar-refractivity contribution in [3.63, 3.8) is 0 Å². The van der Waals surface area contributed by atoms with Gasteiger partial charge in [0, 0.05) is 18.3 Å². The van der Waals surface area contributed by atoms with Crippen molar-refractivity contribution in [3.8, 4) is 0 Å². The normalized spacial score (nSPS) is 27.6. The molecule has 2 atom stereocenters. The molecule has 0 aromatic heterocycles. The molecular weight excluding hydrogens is 452 g/mol. The molecule has 0 saturated heterocycles. The highest BCUT2D eigenvalue weighted by molar-refractivity contribution is 5.92. The maximum atomic E-state index is 13.8. The van der Waals surface area contributed by atoms with E-state index >= 15 is 0 Å². The van der Waals surface area contributed by atoms with Gasteiger partial charge in [0.1, 0.15) is 12.1 Å². The molecule has 0 spiro atoms. The van der Waals surface area contributed by atoms with Gasteiger partial charge in [-0.1, -0.05) is 60.7 Å². The number of hydrogen-bond donors (Lipinski definition) is 2. The van der Waals surface area contributed by atoms with Gasteiger partial charge in [-0.15, -0.1) is 0 Å². The monoisotopic (exact) mass is 488 g/mol. The lowest BCUT2D eigenvalue weighted by Crippen LogP contribution is -2.59. The second kappa shape index (κ2) is 10.5. The van der Waals surface area contributed by atoms with E-state index in [1.807, 2.05) is 60.7 Å². The van der Waals surface area contributed by atoms with Gasteiger partial charge in [0.25, 0.3) is 0 Å². The molecular formula is C30H36N2O4. The lowest BCUT2D eigenvalue weighted by molar-refractivity contribution is -0.149. The van der Waals surface area contributed by atoms with Gasteiger partial charge in [-0.3, -0.25) is 9.59 Å². The first-order valence-corrected chi connectivity index (χ1v) is 13.2. The number of nitrogens with one attached hydrogen (secondary N) is 2. The number of amides is 2. The van der Waals surface area contributed by atoms with E-state index in [-0.39, 0.29) is 17.2 Å². The second-order valence-electron chi connectivity index (χ2n) is 11.2. The number of methoxy groups -OCH3 is 1. The summed E-state index contributed by atoms with van der Waals surface area (Å²) in [5, 5.41) is 6.03. The SMILES string of the molecule is COC(=O)[C@@H](Cc1ccccc1)NC(=O)[C@H](Cc1ccccc1)NC(=O)C12CC3CC(CC(C3)C1)C2. The van der Waals surface area contributed by atoms with E-state index in [4.69, 9.17) is 4.74 Å². The summed E-state index contributed by atoms with van der Waals surface area (Å²) in [4.78, 5) is 39.9. The fourth-order valence-electron chi connectivity index (χ4n) is 7.22. The third-order valence-electron chi connectivity index (χ3n) is 8.51. The molecule has 6 heteroatoms. The van der Waals surface area contributed by atoms with Crippen molar-refractivity contribution in [2.45, 2.75) is 63.5 Å². The molecule has 6 nitrogen and oxygen atoms in total. The Kier molecular flexibility index (Phi) is 7.13. The lowest BCUT2D eigenvalue weighted by Gasteiger charge is -2.55. The van der Waals surface area contributed by atoms with Crippen LogP contribution in [0, 0.1) is 23.2 Å². The van der Waals surface area contributed by atoms with Crippen LogP contribution in [0.2, 0.25) is 0 Å². The van der Waals surface area contributed by atoms with Gasteiger partial charge in [-0.05, 0) is 67.4 Å². The molecule has 0 aliphatic heterocycles. The summed E-state index contributed by atoms with van der Waals surface area (Å²) in [6, 6.07) is 17.6. The molecule has 36 heavy (non-hydrogen) atoms.